The molecule has 1 aliphatic heterocycles. The van der Waals surface area contributed by atoms with Crippen molar-refractivity contribution >= 4 is 36.4 Å². The molecule has 8 heteroatoms. The van der Waals surface area contributed by atoms with Crippen LogP contribution in [0, 0.1) is 5.41 Å². The molecular formula is C18H27Cl2N5O. The Morgan fingerprint density at radius 1 is 1.15 bits per heavy atom. The topological polar surface area (TPSA) is 85.8 Å². The van der Waals surface area contributed by atoms with Crippen LogP contribution in [0.3, 0.4) is 0 Å². The average molecular weight is 400 g/mol. The van der Waals surface area contributed by atoms with Crippen molar-refractivity contribution in [2.75, 3.05) is 5.32 Å². The Morgan fingerprint density at radius 3 is 2.42 bits per heavy atom. The van der Waals surface area contributed by atoms with E-state index in [1.54, 1.807) is 0 Å². The van der Waals surface area contributed by atoms with E-state index in [4.69, 9.17) is 5.73 Å². The van der Waals surface area contributed by atoms with Crippen molar-refractivity contribution in [3.8, 4) is 11.4 Å². The number of nitrogens with two attached hydrogens (primary N) is 1. The number of aromatic nitrogens is 3. The molecule has 0 spiro atoms. The number of rotatable bonds is 3. The molecule has 6 nitrogen and oxygen atoms in total. The largest absolute Gasteiger partial charge is 0.325 e. The SMILES string of the molecule is CC(C)(C)[C@H](N)C(=O)Nc1ccc(-c2nnc3n2CCCC3)cc1.Cl.Cl. The molecule has 3 rings (SSSR count). The molecule has 3 N–H and O–H groups in total. The zero-order valence-electron chi connectivity index (χ0n) is 15.4. The van der Waals surface area contributed by atoms with Crippen LogP contribution in [0.4, 0.5) is 5.69 Å². The second kappa shape index (κ2) is 8.84. The molecule has 0 saturated carbocycles. The van der Waals surface area contributed by atoms with Gasteiger partial charge in [-0.1, -0.05) is 20.8 Å². The maximum atomic E-state index is 12.2. The van der Waals surface area contributed by atoms with Crippen molar-refractivity contribution in [1.29, 1.82) is 0 Å². The van der Waals surface area contributed by atoms with Gasteiger partial charge in [0.2, 0.25) is 5.91 Å². The first-order chi connectivity index (χ1) is 11.4. The number of hydrogen-bond donors (Lipinski definition) is 2. The summed E-state index contributed by atoms with van der Waals surface area (Å²) in [6.45, 7) is 6.83. The summed E-state index contributed by atoms with van der Waals surface area (Å²) in [4.78, 5) is 12.2. The van der Waals surface area contributed by atoms with E-state index < -0.39 is 6.04 Å². The number of nitrogens with zero attached hydrogens (tertiary/aromatic N) is 3. The van der Waals surface area contributed by atoms with Crippen LogP contribution in [-0.2, 0) is 17.8 Å². The first-order valence-corrected chi connectivity index (χ1v) is 8.45. The summed E-state index contributed by atoms with van der Waals surface area (Å²) in [7, 11) is 0. The Bertz CT molecular complexity index is 737. The molecule has 1 aromatic heterocycles. The number of anilines is 1. The van der Waals surface area contributed by atoms with Gasteiger partial charge in [0.15, 0.2) is 5.82 Å². The maximum Gasteiger partial charge on any atom is 0.241 e. The van der Waals surface area contributed by atoms with Crippen molar-refractivity contribution < 1.29 is 4.79 Å². The molecule has 0 radical (unpaired) electrons. The van der Waals surface area contributed by atoms with Gasteiger partial charge in [-0.25, -0.2) is 0 Å². The van der Waals surface area contributed by atoms with Crippen LogP contribution in [0.5, 0.6) is 0 Å². The highest BCUT2D eigenvalue weighted by molar-refractivity contribution is 5.95. The van der Waals surface area contributed by atoms with E-state index in [1.165, 1.54) is 6.42 Å². The van der Waals surface area contributed by atoms with Crippen LogP contribution >= 0.6 is 24.8 Å². The number of hydrogen-bond acceptors (Lipinski definition) is 4. The highest BCUT2D eigenvalue weighted by Gasteiger charge is 2.27. The second-order valence-electron chi connectivity index (χ2n) is 7.46. The zero-order chi connectivity index (χ0) is 17.3. The second-order valence-corrected chi connectivity index (χ2v) is 7.46. The van der Waals surface area contributed by atoms with Gasteiger partial charge in [0.05, 0.1) is 6.04 Å². The lowest BCUT2D eigenvalue weighted by Gasteiger charge is -2.25. The quantitative estimate of drug-likeness (QED) is 0.827. The van der Waals surface area contributed by atoms with Crippen LogP contribution in [0.15, 0.2) is 24.3 Å². The van der Waals surface area contributed by atoms with Gasteiger partial charge in [0, 0.05) is 24.2 Å². The van der Waals surface area contributed by atoms with Crippen LogP contribution in [0.25, 0.3) is 11.4 Å². The van der Waals surface area contributed by atoms with Gasteiger partial charge >= 0.3 is 0 Å². The van der Waals surface area contributed by atoms with Gasteiger partial charge in [0.25, 0.3) is 0 Å². The highest BCUT2D eigenvalue weighted by atomic mass is 35.5. The Kier molecular flexibility index (Phi) is 7.62. The number of nitrogens with one attached hydrogen (secondary N) is 1. The molecule has 1 amide bonds. The minimum absolute atomic E-state index is 0. The van der Waals surface area contributed by atoms with Crippen LogP contribution in [-0.4, -0.2) is 26.7 Å². The molecule has 1 aromatic carbocycles. The molecule has 1 aliphatic rings. The minimum Gasteiger partial charge on any atom is -0.325 e. The van der Waals surface area contributed by atoms with E-state index >= 15 is 0 Å². The molecule has 144 valence electrons. The summed E-state index contributed by atoms with van der Waals surface area (Å²) in [5.41, 5.74) is 7.46. The van der Waals surface area contributed by atoms with Crippen molar-refractivity contribution in [1.82, 2.24) is 14.8 Å². The summed E-state index contributed by atoms with van der Waals surface area (Å²) < 4.78 is 2.19. The fourth-order valence-electron chi connectivity index (χ4n) is 2.84. The Morgan fingerprint density at radius 2 is 1.81 bits per heavy atom. The standard InChI is InChI=1S/C18H25N5O.2ClH/c1-18(2,3)15(19)17(24)20-13-9-7-12(8-10-13)16-22-21-14-6-4-5-11-23(14)16;;/h7-10,15H,4-6,11,19H2,1-3H3,(H,20,24);2*1H/t15-;;/m1../s1. The fraction of sp³-hybridized carbons (Fsp3) is 0.500. The van der Waals surface area contributed by atoms with Crippen LogP contribution in [0.1, 0.15) is 39.4 Å². The Balaban J connectivity index is 0.00000169. The summed E-state index contributed by atoms with van der Waals surface area (Å²) in [6, 6.07) is 7.13. The van der Waals surface area contributed by atoms with E-state index in [1.807, 2.05) is 45.0 Å². The number of amides is 1. The van der Waals surface area contributed by atoms with E-state index in [9.17, 15) is 4.79 Å². The zero-order valence-corrected chi connectivity index (χ0v) is 17.0. The van der Waals surface area contributed by atoms with E-state index in [-0.39, 0.29) is 36.1 Å². The van der Waals surface area contributed by atoms with Crippen molar-refractivity contribution in [2.24, 2.45) is 11.1 Å². The van der Waals surface area contributed by atoms with E-state index in [0.717, 1.165) is 42.3 Å². The molecule has 0 bridgehead atoms. The molecule has 0 aliphatic carbocycles. The van der Waals surface area contributed by atoms with Gasteiger partial charge < -0.3 is 15.6 Å². The van der Waals surface area contributed by atoms with E-state index in [0.29, 0.717) is 0 Å². The third-order valence-corrected chi connectivity index (χ3v) is 4.49. The lowest BCUT2D eigenvalue weighted by atomic mass is 9.87. The Hall–Kier alpha value is -1.63. The monoisotopic (exact) mass is 399 g/mol. The fourth-order valence-corrected chi connectivity index (χ4v) is 2.84. The molecule has 2 aromatic rings. The van der Waals surface area contributed by atoms with Crippen molar-refractivity contribution in [3.63, 3.8) is 0 Å². The van der Waals surface area contributed by atoms with Crippen molar-refractivity contribution in [3.05, 3.63) is 30.1 Å². The molecule has 1 atom stereocenters. The van der Waals surface area contributed by atoms with Gasteiger partial charge in [0.1, 0.15) is 5.82 Å². The highest BCUT2D eigenvalue weighted by Crippen LogP contribution is 2.25. The van der Waals surface area contributed by atoms with Gasteiger partial charge in [-0.3, -0.25) is 4.79 Å². The van der Waals surface area contributed by atoms with Gasteiger partial charge in [-0.05, 0) is 42.5 Å². The van der Waals surface area contributed by atoms with Gasteiger partial charge in [-0.2, -0.15) is 0 Å². The molecule has 0 unspecified atom stereocenters. The van der Waals surface area contributed by atoms with Gasteiger partial charge in [-0.15, -0.1) is 35.0 Å². The average Bonchev–Trinajstić information content (AvgIpc) is 2.98. The number of aryl methyl sites for hydroxylation is 1. The summed E-state index contributed by atoms with van der Waals surface area (Å²) in [5.74, 6) is 1.79. The van der Waals surface area contributed by atoms with Crippen LogP contribution < -0.4 is 11.1 Å². The lowest BCUT2D eigenvalue weighted by Crippen LogP contribution is -2.45. The summed E-state index contributed by atoms with van der Waals surface area (Å²) in [6.07, 6.45) is 3.33. The summed E-state index contributed by atoms with van der Waals surface area (Å²) in [5, 5.41) is 11.5. The predicted octanol–water partition coefficient (Wildman–Crippen LogP) is 3.44. The smallest absolute Gasteiger partial charge is 0.241 e. The molecular weight excluding hydrogens is 373 g/mol. The van der Waals surface area contributed by atoms with Crippen molar-refractivity contribution in [2.45, 2.75) is 52.6 Å². The lowest BCUT2D eigenvalue weighted by molar-refractivity contribution is -0.119. The van der Waals surface area contributed by atoms with E-state index in [2.05, 4.69) is 20.1 Å². The third-order valence-electron chi connectivity index (χ3n) is 4.49. The number of benzene rings is 1. The third kappa shape index (κ3) is 4.75. The number of carbonyl (C=O) groups excluding carboxylic acids is 1. The Labute approximate surface area is 166 Å². The van der Waals surface area contributed by atoms with Crippen LogP contribution in [0.2, 0.25) is 0 Å². The first-order valence-electron chi connectivity index (χ1n) is 8.45. The summed E-state index contributed by atoms with van der Waals surface area (Å²) >= 11 is 0. The molecule has 2 heterocycles. The normalized spacial score (nSPS) is 14.5. The molecule has 0 fully saturated rings. The molecule has 26 heavy (non-hydrogen) atoms. The number of fused-ring (bicyclic) bond motifs is 1. The molecule has 0 saturated heterocycles. The maximum absolute atomic E-state index is 12.2. The number of carbonyl (C=O) groups is 1. The minimum atomic E-state index is -0.555. The first kappa shape index (κ1) is 22.4. The number of halogens is 2. The predicted molar refractivity (Wildman–Crippen MR) is 109 cm³/mol.